The van der Waals surface area contributed by atoms with Gasteiger partial charge in [0, 0.05) is 38.0 Å². The summed E-state index contributed by atoms with van der Waals surface area (Å²) in [5.41, 5.74) is 0. The highest BCUT2D eigenvalue weighted by Crippen LogP contribution is 2.24. The minimum atomic E-state index is -0.212. The number of rotatable bonds is 15. The van der Waals surface area contributed by atoms with E-state index in [0.717, 1.165) is 32.4 Å². The lowest BCUT2D eigenvalue weighted by Gasteiger charge is -2.41. The molecule has 0 aromatic carbocycles. The van der Waals surface area contributed by atoms with E-state index >= 15 is 0 Å². The summed E-state index contributed by atoms with van der Waals surface area (Å²) in [4.78, 5) is 29.1. The van der Waals surface area contributed by atoms with Crippen LogP contribution in [0, 0.1) is 0 Å². The quantitative estimate of drug-likeness (QED) is 0.244. The molecule has 5 nitrogen and oxygen atoms in total. The van der Waals surface area contributed by atoms with Gasteiger partial charge in [-0.2, -0.15) is 0 Å². The maximum absolute atomic E-state index is 12.6. The second-order valence-electron chi connectivity index (χ2n) is 9.96. The summed E-state index contributed by atoms with van der Waals surface area (Å²) in [6.45, 7) is 8.90. The van der Waals surface area contributed by atoms with Crippen molar-refractivity contribution in [3.8, 4) is 0 Å². The van der Waals surface area contributed by atoms with Gasteiger partial charge in [-0.1, -0.05) is 64.7 Å². The summed E-state index contributed by atoms with van der Waals surface area (Å²) in [6, 6.07) is 1.02. The zero-order valence-corrected chi connectivity index (χ0v) is 20.6. The highest BCUT2D eigenvalue weighted by atomic mass is 16.5. The Balaban J connectivity index is 1.73. The van der Waals surface area contributed by atoms with Gasteiger partial charge in [0.2, 0.25) is 5.91 Å². The number of piperidine rings is 1. The molecule has 1 unspecified atom stereocenters. The van der Waals surface area contributed by atoms with Crippen LogP contribution in [-0.4, -0.2) is 59.5 Å². The van der Waals surface area contributed by atoms with Gasteiger partial charge in [-0.3, -0.25) is 14.5 Å². The van der Waals surface area contributed by atoms with E-state index in [1.54, 1.807) is 0 Å². The van der Waals surface area contributed by atoms with Crippen molar-refractivity contribution in [1.29, 1.82) is 0 Å². The lowest BCUT2D eigenvalue weighted by Crippen LogP contribution is -2.50. The maximum atomic E-state index is 12.6. The molecule has 0 bridgehead atoms. The number of unbranched alkanes of at least 4 members (excludes halogenated alkanes) is 8. The molecule has 0 spiro atoms. The molecule has 0 aromatic rings. The number of amides is 1. The average molecular weight is 437 g/mol. The van der Waals surface area contributed by atoms with E-state index in [9.17, 15) is 9.59 Å². The van der Waals surface area contributed by atoms with Gasteiger partial charge >= 0.3 is 5.97 Å². The molecule has 2 rings (SSSR count). The third-order valence-corrected chi connectivity index (χ3v) is 7.17. The molecule has 5 heteroatoms. The van der Waals surface area contributed by atoms with E-state index in [-0.39, 0.29) is 18.0 Å². The average Bonchev–Trinajstić information content (AvgIpc) is 3.14. The van der Waals surface area contributed by atoms with Crippen LogP contribution < -0.4 is 0 Å². The second-order valence-corrected chi connectivity index (χ2v) is 9.96. The van der Waals surface area contributed by atoms with Crippen LogP contribution >= 0.6 is 0 Å². The highest BCUT2D eigenvalue weighted by molar-refractivity contribution is 5.78. The van der Waals surface area contributed by atoms with Gasteiger partial charge in [-0.15, -0.1) is 0 Å². The molecule has 2 fully saturated rings. The predicted molar refractivity (Wildman–Crippen MR) is 127 cm³/mol. The monoisotopic (exact) mass is 436 g/mol. The standard InChI is InChI=1S/C26H48N2O3/c1-4-5-6-7-8-9-10-11-12-18-26(30)31-24(20-27-19-14-17-25(27)29)21-28-22(2)15-13-16-23(28)3/h22-24H,4-21H2,1-3H3/t22-,23+,24?. The Morgan fingerprint density at radius 3 is 2.13 bits per heavy atom. The Bertz CT molecular complexity index is 515. The van der Waals surface area contributed by atoms with E-state index in [0.29, 0.717) is 31.5 Å². The summed E-state index contributed by atoms with van der Waals surface area (Å²) in [6.07, 6.45) is 16.7. The minimum Gasteiger partial charge on any atom is -0.459 e. The topological polar surface area (TPSA) is 49.9 Å². The first-order valence-corrected chi connectivity index (χ1v) is 13.2. The smallest absolute Gasteiger partial charge is 0.306 e. The normalized spacial score (nSPS) is 23.3. The Morgan fingerprint density at radius 1 is 0.935 bits per heavy atom. The van der Waals surface area contributed by atoms with Crippen molar-refractivity contribution in [1.82, 2.24) is 9.80 Å². The molecule has 3 atom stereocenters. The summed E-state index contributed by atoms with van der Waals surface area (Å²) >= 11 is 0. The van der Waals surface area contributed by atoms with Crippen LogP contribution in [0.15, 0.2) is 0 Å². The molecular formula is C26H48N2O3. The van der Waals surface area contributed by atoms with Crippen LogP contribution in [0.25, 0.3) is 0 Å². The Hall–Kier alpha value is -1.10. The Morgan fingerprint density at radius 2 is 1.55 bits per heavy atom. The maximum Gasteiger partial charge on any atom is 0.306 e. The number of ether oxygens (including phenoxy) is 1. The largest absolute Gasteiger partial charge is 0.459 e. The summed E-state index contributed by atoms with van der Waals surface area (Å²) in [5, 5.41) is 0. The van der Waals surface area contributed by atoms with Crippen molar-refractivity contribution in [3.05, 3.63) is 0 Å². The predicted octanol–water partition coefficient (Wildman–Crippen LogP) is 5.70. The van der Waals surface area contributed by atoms with E-state index in [4.69, 9.17) is 4.74 Å². The van der Waals surface area contributed by atoms with E-state index in [2.05, 4.69) is 25.7 Å². The van der Waals surface area contributed by atoms with Crippen LogP contribution in [-0.2, 0) is 14.3 Å². The molecule has 0 saturated carbocycles. The number of carbonyl (C=O) groups is 2. The summed E-state index contributed by atoms with van der Waals surface area (Å²) < 4.78 is 5.96. The van der Waals surface area contributed by atoms with Gasteiger partial charge in [-0.05, 0) is 39.5 Å². The van der Waals surface area contributed by atoms with Crippen LogP contribution in [0.1, 0.15) is 117 Å². The lowest BCUT2D eigenvalue weighted by molar-refractivity contribution is -0.153. The number of nitrogens with zero attached hydrogens (tertiary/aromatic N) is 2. The second kappa shape index (κ2) is 14.9. The van der Waals surface area contributed by atoms with Crippen molar-refractivity contribution in [2.45, 2.75) is 135 Å². The first-order chi connectivity index (χ1) is 15.0. The molecule has 2 aliphatic heterocycles. The van der Waals surface area contributed by atoms with Crippen molar-refractivity contribution < 1.29 is 14.3 Å². The first-order valence-electron chi connectivity index (χ1n) is 13.2. The molecule has 0 aromatic heterocycles. The van der Waals surface area contributed by atoms with Crippen LogP contribution in [0.3, 0.4) is 0 Å². The minimum absolute atomic E-state index is 0.0862. The first kappa shape index (κ1) is 26.2. The fourth-order valence-corrected chi connectivity index (χ4v) is 5.17. The van der Waals surface area contributed by atoms with Crippen molar-refractivity contribution in [2.24, 2.45) is 0 Å². The molecule has 0 radical (unpaired) electrons. The molecular weight excluding hydrogens is 388 g/mol. The number of carbonyl (C=O) groups excluding carboxylic acids is 2. The summed E-state index contributed by atoms with van der Waals surface area (Å²) in [5.74, 6) is 0.122. The van der Waals surface area contributed by atoms with Gasteiger partial charge in [0.1, 0.15) is 6.10 Å². The van der Waals surface area contributed by atoms with Crippen molar-refractivity contribution in [3.63, 3.8) is 0 Å². The van der Waals surface area contributed by atoms with Gasteiger partial charge in [0.25, 0.3) is 0 Å². The fourth-order valence-electron chi connectivity index (χ4n) is 5.17. The summed E-state index contributed by atoms with van der Waals surface area (Å²) in [7, 11) is 0. The zero-order valence-electron chi connectivity index (χ0n) is 20.6. The van der Waals surface area contributed by atoms with Crippen molar-refractivity contribution >= 4 is 11.9 Å². The van der Waals surface area contributed by atoms with Gasteiger partial charge in [-0.25, -0.2) is 0 Å². The molecule has 31 heavy (non-hydrogen) atoms. The van der Waals surface area contributed by atoms with Gasteiger partial charge < -0.3 is 9.64 Å². The highest BCUT2D eigenvalue weighted by Gasteiger charge is 2.31. The van der Waals surface area contributed by atoms with Crippen molar-refractivity contribution in [2.75, 3.05) is 19.6 Å². The number of hydrogen-bond acceptors (Lipinski definition) is 4. The van der Waals surface area contributed by atoms with Gasteiger partial charge in [0.15, 0.2) is 0 Å². The third kappa shape index (κ3) is 9.93. The molecule has 2 heterocycles. The van der Waals surface area contributed by atoms with Crippen LogP contribution in [0.4, 0.5) is 0 Å². The molecule has 1 amide bonds. The fraction of sp³-hybridized carbons (Fsp3) is 0.923. The van der Waals surface area contributed by atoms with Crippen LogP contribution in [0.2, 0.25) is 0 Å². The molecule has 0 N–H and O–H groups in total. The van der Waals surface area contributed by atoms with E-state index in [1.165, 1.54) is 64.2 Å². The Kier molecular flexibility index (Phi) is 12.5. The van der Waals surface area contributed by atoms with E-state index in [1.807, 2.05) is 4.90 Å². The van der Waals surface area contributed by atoms with E-state index < -0.39 is 0 Å². The van der Waals surface area contributed by atoms with Gasteiger partial charge in [0.05, 0.1) is 6.54 Å². The number of hydrogen-bond donors (Lipinski definition) is 0. The Labute approximate surface area is 191 Å². The molecule has 2 aliphatic rings. The number of esters is 1. The third-order valence-electron chi connectivity index (χ3n) is 7.17. The molecule has 0 aliphatic carbocycles. The molecule has 2 saturated heterocycles. The zero-order chi connectivity index (χ0) is 22.5. The number of likely N-dealkylation sites (tertiary alicyclic amines) is 2. The SMILES string of the molecule is CCCCCCCCCCCC(=O)OC(CN1CCCC1=O)CN1[C@H](C)CCC[C@@H]1C. The lowest BCUT2D eigenvalue weighted by atomic mass is 9.97. The molecule has 180 valence electrons. The van der Waals surface area contributed by atoms with Crippen LogP contribution in [0.5, 0.6) is 0 Å².